The van der Waals surface area contributed by atoms with Crippen molar-refractivity contribution < 1.29 is 0 Å². The second kappa shape index (κ2) is 14.9. The fourth-order valence-corrected chi connectivity index (χ4v) is 10.3. The van der Waals surface area contributed by atoms with Crippen LogP contribution in [0.25, 0.3) is 115 Å². The summed E-state index contributed by atoms with van der Waals surface area (Å²) in [5.74, 6) is 1.89. The van der Waals surface area contributed by atoms with E-state index in [9.17, 15) is 0 Å². The van der Waals surface area contributed by atoms with E-state index in [1.54, 1.807) is 0 Å². The first-order valence-corrected chi connectivity index (χ1v) is 21.7. The molecule has 0 spiro atoms. The van der Waals surface area contributed by atoms with Crippen LogP contribution in [0.5, 0.6) is 0 Å². The average molecular weight is 809 g/mol. The second-order valence-electron chi connectivity index (χ2n) is 15.6. The predicted molar refractivity (Wildman–Crippen MR) is 260 cm³/mol. The Morgan fingerprint density at radius 3 is 1.55 bits per heavy atom. The topological polar surface area (TPSA) is 43.6 Å². The van der Waals surface area contributed by atoms with E-state index in [0.29, 0.717) is 17.5 Å². The van der Waals surface area contributed by atoms with Gasteiger partial charge in [-0.05, 0) is 64.2 Å². The summed E-state index contributed by atoms with van der Waals surface area (Å²) in [7, 11) is 0. The Morgan fingerprint density at radius 2 is 0.839 bits per heavy atom. The first kappa shape index (κ1) is 35.9. The molecule has 5 heteroatoms. The second-order valence-corrected chi connectivity index (χ2v) is 16.6. The highest BCUT2D eigenvalue weighted by atomic mass is 32.1. The third-order valence-corrected chi connectivity index (χ3v) is 13.1. The summed E-state index contributed by atoms with van der Waals surface area (Å²) in [5, 5.41) is 5.02. The molecule has 0 atom stereocenters. The van der Waals surface area contributed by atoms with Gasteiger partial charge in [-0.2, -0.15) is 0 Å². The maximum atomic E-state index is 5.29. The molecule has 12 aromatic rings. The van der Waals surface area contributed by atoms with Crippen LogP contribution < -0.4 is 0 Å². The van der Waals surface area contributed by atoms with E-state index in [1.807, 2.05) is 47.7 Å². The summed E-state index contributed by atoms with van der Waals surface area (Å²) >= 11 is 1.87. The Balaban J connectivity index is 1.12. The Bertz CT molecular complexity index is 3560. The van der Waals surface area contributed by atoms with Crippen molar-refractivity contribution in [1.29, 1.82) is 0 Å². The fourth-order valence-electron chi connectivity index (χ4n) is 8.96. The average Bonchev–Trinajstić information content (AvgIpc) is 3.91. The van der Waals surface area contributed by atoms with Gasteiger partial charge in [0.2, 0.25) is 0 Å². The minimum atomic E-state index is 0.625. The van der Waals surface area contributed by atoms with Gasteiger partial charge in [0.1, 0.15) is 0 Å². The van der Waals surface area contributed by atoms with Crippen molar-refractivity contribution >= 4 is 53.3 Å². The van der Waals surface area contributed by atoms with Crippen LogP contribution in [0.1, 0.15) is 0 Å². The number of hydrogen-bond donors (Lipinski definition) is 0. The highest BCUT2D eigenvalue weighted by Gasteiger charge is 2.22. The van der Waals surface area contributed by atoms with Gasteiger partial charge >= 0.3 is 0 Å². The Kier molecular flexibility index (Phi) is 8.65. The number of hydrogen-bond acceptors (Lipinski definition) is 4. The molecule has 0 saturated heterocycles. The van der Waals surface area contributed by atoms with Gasteiger partial charge in [0, 0.05) is 58.9 Å². The van der Waals surface area contributed by atoms with Crippen LogP contribution in [-0.4, -0.2) is 19.5 Å². The third-order valence-electron chi connectivity index (χ3n) is 11.9. The molecule has 3 aromatic heterocycles. The molecule has 3 heterocycles. The van der Waals surface area contributed by atoms with Gasteiger partial charge < -0.3 is 4.57 Å². The zero-order valence-corrected chi connectivity index (χ0v) is 34.3. The molecule has 0 radical (unpaired) electrons. The molecule has 0 bridgehead atoms. The smallest absolute Gasteiger partial charge is 0.164 e. The summed E-state index contributed by atoms with van der Waals surface area (Å²) in [6.07, 6.45) is 0. The van der Waals surface area contributed by atoms with Crippen LogP contribution >= 0.6 is 11.3 Å². The van der Waals surface area contributed by atoms with E-state index >= 15 is 0 Å². The van der Waals surface area contributed by atoms with E-state index in [4.69, 9.17) is 15.0 Å². The van der Waals surface area contributed by atoms with Crippen molar-refractivity contribution in [3.8, 4) is 73.2 Å². The van der Waals surface area contributed by atoms with Gasteiger partial charge in [-0.15, -0.1) is 11.3 Å². The van der Waals surface area contributed by atoms with Crippen LogP contribution in [0.15, 0.2) is 218 Å². The summed E-state index contributed by atoms with van der Waals surface area (Å²) in [6.45, 7) is 0. The molecular weight excluding hydrogens is 773 g/mol. The largest absolute Gasteiger partial charge is 0.309 e. The highest BCUT2D eigenvalue weighted by molar-refractivity contribution is 7.27. The molecule has 4 nitrogen and oxygen atoms in total. The molecule has 290 valence electrons. The van der Waals surface area contributed by atoms with E-state index < -0.39 is 0 Å². The lowest BCUT2D eigenvalue weighted by atomic mass is 9.92. The molecular formula is C57H36N4S. The molecule has 62 heavy (non-hydrogen) atoms. The minimum absolute atomic E-state index is 0.625. The van der Waals surface area contributed by atoms with Gasteiger partial charge in [-0.25, -0.2) is 15.0 Å². The molecule has 0 saturated carbocycles. The molecule has 0 fully saturated rings. The zero-order chi connectivity index (χ0) is 41.0. The van der Waals surface area contributed by atoms with Crippen molar-refractivity contribution in [3.63, 3.8) is 0 Å². The first-order valence-electron chi connectivity index (χ1n) is 20.9. The number of rotatable bonds is 7. The molecule has 0 N–H and O–H groups in total. The summed E-state index contributed by atoms with van der Waals surface area (Å²) in [6, 6.07) is 77.4. The molecule has 0 amide bonds. The van der Waals surface area contributed by atoms with Crippen molar-refractivity contribution in [2.45, 2.75) is 0 Å². The zero-order valence-electron chi connectivity index (χ0n) is 33.5. The monoisotopic (exact) mass is 808 g/mol. The molecule has 0 aliphatic carbocycles. The first-order chi connectivity index (χ1) is 30.7. The number of thiophene rings is 1. The lowest BCUT2D eigenvalue weighted by Gasteiger charge is -2.15. The number of nitrogens with zero attached hydrogens (tertiary/aromatic N) is 4. The van der Waals surface area contributed by atoms with E-state index in [0.717, 1.165) is 44.6 Å². The summed E-state index contributed by atoms with van der Waals surface area (Å²) in [4.78, 5) is 15.6. The van der Waals surface area contributed by atoms with Gasteiger partial charge in [0.15, 0.2) is 17.5 Å². The van der Waals surface area contributed by atoms with Crippen LogP contribution in [0, 0.1) is 0 Å². The van der Waals surface area contributed by atoms with Gasteiger partial charge in [-0.1, -0.05) is 182 Å². The summed E-state index contributed by atoms with van der Waals surface area (Å²) < 4.78 is 4.91. The van der Waals surface area contributed by atoms with Crippen molar-refractivity contribution in [3.05, 3.63) is 218 Å². The molecule has 9 aromatic carbocycles. The number of benzene rings is 9. The van der Waals surface area contributed by atoms with E-state index in [-0.39, 0.29) is 0 Å². The van der Waals surface area contributed by atoms with Gasteiger partial charge in [0.05, 0.1) is 11.0 Å². The van der Waals surface area contributed by atoms with Crippen molar-refractivity contribution in [1.82, 2.24) is 19.5 Å². The van der Waals surface area contributed by atoms with Crippen LogP contribution in [0.4, 0.5) is 0 Å². The van der Waals surface area contributed by atoms with Crippen LogP contribution in [0.2, 0.25) is 0 Å². The SMILES string of the molecule is c1ccc(-c2cccc(-c3ccc(-c4cccc5c4sc4c5ccc5c4c4ccccc4n5-c4ccccc4)c(-c4nc(-c5ccccc5)nc(-c5ccccc5)n4)c3)c2)cc1. The number of fused-ring (bicyclic) bond motifs is 7. The minimum Gasteiger partial charge on any atom is -0.309 e. The lowest BCUT2D eigenvalue weighted by Crippen LogP contribution is -2.01. The van der Waals surface area contributed by atoms with Gasteiger partial charge in [0.25, 0.3) is 0 Å². The maximum Gasteiger partial charge on any atom is 0.164 e. The van der Waals surface area contributed by atoms with Gasteiger partial charge in [-0.3, -0.25) is 0 Å². The fraction of sp³-hybridized carbons (Fsp3) is 0. The van der Waals surface area contributed by atoms with E-state index in [2.05, 4.69) is 187 Å². The quantitative estimate of drug-likeness (QED) is 0.161. The maximum absolute atomic E-state index is 5.29. The molecule has 0 aliphatic rings. The molecule has 12 rings (SSSR count). The Hall–Kier alpha value is -7.99. The third kappa shape index (κ3) is 6.09. The molecule has 0 aliphatic heterocycles. The van der Waals surface area contributed by atoms with E-state index in [1.165, 1.54) is 53.1 Å². The highest BCUT2D eigenvalue weighted by Crippen LogP contribution is 2.47. The lowest BCUT2D eigenvalue weighted by molar-refractivity contribution is 1.07. The predicted octanol–water partition coefficient (Wildman–Crippen LogP) is 15.3. The van der Waals surface area contributed by atoms with Crippen molar-refractivity contribution in [2.24, 2.45) is 0 Å². The Labute approximate surface area is 362 Å². The van der Waals surface area contributed by atoms with Crippen molar-refractivity contribution in [2.75, 3.05) is 0 Å². The van der Waals surface area contributed by atoms with Crippen LogP contribution in [0.3, 0.4) is 0 Å². The molecule has 0 unspecified atom stereocenters. The number of aromatic nitrogens is 4. The Morgan fingerprint density at radius 1 is 0.306 bits per heavy atom. The number of para-hydroxylation sites is 2. The normalized spacial score (nSPS) is 11.5. The summed E-state index contributed by atoms with van der Waals surface area (Å²) in [5.41, 5.74) is 13.1. The standard InChI is InChI=1S/C57H36N4S/c1-5-17-37(18-6-1)40-23-15-24-41(35-40)42-31-32-44(49(36-42)57-59-55(38-19-7-2-8-20-38)58-56(60-57)39-21-9-3-10-22-39)45-28-16-29-46-47-33-34-51-52(54(47)62-53(45)46)48-27-13-14-30-50(48)61(51)43-25-11-4-12-26-43/h1-36H. The van der Waals surface area contributed by atoms with Crippen LogP contribution in [-0.2, 0) is 0 Å².